The summed E-state index contributed by atoms with van der Waals surface area (Å²) < 4.78 is 0. The molecule has 1 fully saturated rings. The van der Waals surface area contributed by atoms with Crippen LogP contribution in [-0.2, 0) is 17.6 Å². The van der Waals surface area contributed by atoms with Crippen molar-refractivity contribution in [2.24, 2.45) is 4.99 Å². The number of fused-ring (bicyclic) bond motifs is 1. The Balaban J connectivity index is 1.50. The number of benzene rings is 1. The first kappa shape index (κ1) is 19.7. The number of nitrogens with zero attached hydrogens (tertiary/aromatic N) is 1. The third kappa shape index (κ3) is 6.26. The van der Waals surface area contributed by atoms with Crippen LogP contribution < -0.4 is 16.0 Å². The Morgan fingerprint density at radius 1 is 1.22 bits per heavy atom. The number of guanidine groups is 1. The van der Waals surface area contributed by atoms with Crippen LogP contribution in [0.4, 0.5) is 0 Å². The van der Waals surface area contributed by atoms with Gasteiger partial charge in [0, 0.05) is 25.6 Å². The molecule has 1 unspecified atom stereocenters. The number of carbonyl (C=O) groups is 1. The summed E-state index contributed by atoms with van der Waals surface area (Å²) >= 11 is 0. The molecule has 1 atom stereocenters. The van der Waals surface area contributed by atoms with E-state index in [1.165, 1.54) is 42.4 Å². The molecular weight excluding hydrogens is 336 g/mol. The van der Waals surface area contributed by atoms with Crippen molar-refractivity contribution in [3.63, 3.8) is 0 Å². The van der Waals surface area contributed by atoms with Gasteiger partial charge in [0.2, 0.25) is 5.91 Å². The van der Waals surface area contributed by atoms with Crippen LogP contribution in [0.5, 0.6) is 0 Å². The van der Waals surface area contributed by atoms with Crippen LogP contribution in [0.15, 0.2) is 23.2 Å². The van der Waals surface area contributed by atoms with Crippen molar-refractivity contribution in [3.8, 4) is 0 Å². The summed E-state index contributed by atoms with van der Waals surface area (Å²) in [6, 6.07) is 7.54. The summed E-state index contributed by atoms with van der Waals surface area (Å²) in [6.45, 7) is 5.74. The number of amides is 1. The molecule has 1 aromatic carbocycles. The van der Waals surface area contributed by atoms with Gasteiger partial charge in [0.1, 0.15) is 0 Å². The van der Waals surface area contributed by atoms with Gasteiger partial charge in [-0.05, 0) is 75.5 Å². The van der Waals surface area contributed by atoms with E-state index in [2.05, 4.69) is 53.0 Å². The summed E-state index contributed by atoms with van der Waals surface area (Å²) in [4.78, 5) is 16.4. The van der Waals surface area contributed by atoms with E-state index < -0.39 is 0 Å². The number of hydrogen-bond acceptors (Lipinski definition) is 2. The Morgan fingerprint density at radius 2 is 2.00 bits per heavy atom. The van der Waals surface area contributed by atoms with E-state index in [1.807, 2.05) is 0 Å². The summed E-state index contributed by atoms with van der Waals surface area (Å²) in [7, 11) is 0. The van der Waals surface area contributed by atoms with E-state index >= 15 is 0 Å². The van der Waals surface area contributed by atoms with Crippen LogP contribution in [0.25, 0.3) is 0 Å². The van der Waals surface area contributed by atoms with Crippen molar-refractivity contribution in [1.82, 2.24) is 16.0 Å². The Morgan fingerprint density at radius 3 is 2.74 bits per heavy atom. The predicted octanol–water partition coefficient (Wildman–Crippen LogP) is 3.24. The molecule has 0 radical (unpaired) electrons. The highest BCUT2D eigenvalue weighted by atomic mass is 16.1. The van der Waals surface area contributed by atoms with E-state index in [0.29, 0.717) is 19.0 Å². The highest BCUT2D eigenvalue weighted by Crippen LogP contribution is 2.24. The van der Waals surface area contributed by atoms with Gasteiger partial charge in [-0.3, -0.25) is 9.79 Å². The molecule has 1 saturated carbocycles. The Bertz CT molecular complexity index is 666. The summed E-state index contributed by atoms with van der Waals surface area (Å²) in [5, 5.41) is 9.85. The lowest BCUT2D eigenvalue weighted by Crippen LogP contribution is -2.39. The van der Waals surface area contributed by atoms with Crippen molar-refractivity contribution in [2.75, 3.05) is 13.1 Å². The largest absolute Gasteiger partial charge is 0.357 e. The second kappa shape index (κ2) is 9.77. The van der Waals surface area contributed by atoms with Crippen molar-refractivity contribution in [1.29, 1.82) is 0 Å². The van der Waals surface area contributed by atoms with Gasteiger partial charge >= 0.3 is 0 Å². The van der Waals surface area contributed by atoms with Crippen LogP contribution in [0.2, 0.25) is 0 Å². The van der Waals surface area contributed by atoms with Gasteiger partial charge in [-0.15, -0.1) is 0 Å². The maximum absolute atomic E-state index is 11.8. The average Bonchev–Trinajstić information content (AvgIpc) is 3.48. The predicted molar refractivity (Wildman–Crippen MR) is 111 cm³/mol. The molecule has 0 saturated heterocycles. The fourth-order valence-corrected chi connectivity index (χ4v) is 3.59. The molecule has 27 heavy (non-hydrogen) atoms. The van der Waals surface area contributed by atoms with E-state index in [1.54, 1.807) is 0 Å². The number of carbonyl (C=O) groups excluding carboxylic acids is 1. The Kier molecular flexibility index (Phi) is 7.13. The lowest BCUT2D eigenvalue weighted by atomic mass is 9.89. The SMILES string of the molecule is CCNC(=NCCCC(=O)NC1CC1)NC(C)c1ccc2c(c1)CCCC2. The molecule has 3 N–H and O–H groups in total. The standard InChI is InChI=1S/C22H34N4O/c1-3-23-22(24-14-6-9-21(27)26-20-12-13-20)25-16(2)18-11-10-17-7-4-5-8-19(17)15-18/h10-11,15-16,20H,3-9,12-14H2,1-2H3,(H,26,27)(H2,23,24,25). The topological polar surface area (TPSA) is 65.5 Å². The number of aryl methyl sites for hydroxylation is 2. The molecule has 1 amide bonds. The lowest BCUT2D eigenvalue weighted by Gasteiger charge is -2.21. The zero-order valence-corrected chi connectivity index (χ0v) is 16.8. The maximum atomic E-state index is 11.8. The molecular formula is C22H34N4O. The van der Waals surface area contributed by atoms with Crippen LogP contribution in [0.3, 0.4) is 0 Å². The minimum absolute atomic E-state index is 0.160. The fourth-order valence-electron chi connectivity index (χ4n) is 3.59. The van der Waals surface area contributed by atoms with E-state index in [9.17, 15) is 4.79 Å². The number of hydrogen-bond donors (Lipinski definition) is 3. The smallest absolute Gasteiger partial charge is 0.220 e. The van der Waals surface area contributed by atoms with Gasteiger partial charge in [-0.1, -0.05) is 18.2 Å². The van der Waals surface area contributed by atoms with Crippen molar-refractivity contribution in [3.05, 3.63) is 34.9 Å². The average molecular weight is 371 g/mol. The normalized spacial score (nSPS) is 17.8. The molecule has 0 heterocycles. The molecule has 1 aromatic rings. The summed E-state index contributed by atoms with van der Waals surface area (Å²) in [6.07, 6.45) is 8.65. The van der Waals surface area contributed by atoms with Gasteiger partial charge in [-0.2, -0.15) is 0 Å². The first-order valence-corrected chi connectivity index (χ1v) is 10.6. The van der Waals surface area contributed by atoms with Crippen LogP contribution >= 0.6 is 0 Å². The third-order valence-electron chi connectivity index (χ3n) is 5.34. The van der Waals surface area contributed by atoms with Crippen molar-refractivity contribution in [2.45, 2.75) is 77.3 Å². The highest BCUT2D eigenvalue weighted by Gasteiger charge is 2.22. The Hall–Kier alpha value is -2.04. The zero-order valence-electron chi connectivity index (χ0n) is 16.8. The first-order chi connectivity index (χ1) is 13.2. The molecule has 0 aromatic heterocycles. The maximum Gasteiger partial charge on any atom is 0.220 e. The highest BCUT2D eigenvalue weighted by molar-refractivity contribution is 5.80. The molecule has 3 rings (SSSR count). The quantitative estimate of drug-likeness (QED) is 0.374. The molecule has 0 aliphatic heterocycles. The molecule has 2 aliphatic rings. The Labute approximate surface area is 163 Å². The van der Waals surface area contributed by atoms with Gasteiger partial charge in [0.05, 0.1) is 6.04 Å². The second-order valence-electron chi connectivity index (χ2n) is 7.81. The monoisotopic (exact) mass is 370 g/mol. The van der Waals surface area contributed by atoms with Crippen molar-refractivity contribution < 1.29 is 4.79 Å². The van der Waals surface area contributed by atoms with Crippen molar-refractivity contribution >= 4 is 11.9 Å². The first-order valence-electron chi connectivity index (χ1n) is 10.6. The number of nitrogens with one attached hydrogen (secondary N) is 3. The fraction of sp³-hybridized carbons (Fsp3) is 0.636. The van der Waals surface area contributed by atoms with Crippen LogP contribution in [0.1, 0.15) is 75.1 Å². The lowest BCUT2D eigenvalue weighted by molar-refractivity contribution is -0.121. The van der Waals surface area contributed by atoms with Gasteiger partial charge in [0.25, 0.3) is 0 Å². The molecule has 2 aliphatic carbocycles. The van der Waals surface area contributed by atoms with E-state index in [0.717, 1.165) is 31.8 Å². The molecule has 5 heteroatoms. The van der Waals surface area contributed by atoms with Gasteiger partial charge in [-0.25, -0.2) is 0 Å². The van der Waals surface area contributed by atoms with Gasteiger partial charge < -0.3 is 16.0 Å². The van der Waals surface area contributed by atoms with E-state index in [4.69, 9.17) is 0 Å². The molecule has 148 valence electrons. The molecule has 0 spiro atoms. The summed E-state index contributed by atoms with van der Waals surface area (Å²) in [5.74, 6) is 0.985. The second-order valence-corrected chi connectivity index (χ2v) is 7.81. The summed E-state index contributed by atoms with van der Waals surface area (Å²) in [5.41, 5.74) is 4.34. The molecule has 0 bridgehead atoms. The van der Waals surface area contributed by atoms with Crippen LogP contribution in [0, 0.1) is 0 Å². The van der Waals surface area contributed by atoms with Crippen LogP contribution in [-0.4, -0.2) is 31.0 Å². The third-order valence-corrected chi connectivity index (χ3v) is 5.34. The molecule has 5 nitrogen and oxygen atoms in total. The van der Waals surface area contributed by atoms with E-state index in [-0.39, 0.29) is 11.9 Å². The minimum atomic E-state index is 0.160. The zero-order chi connectivity index (χ0) is 19.1. The number of aliphatic imine (C=N–C) groups is 1. The minimum Gasteiger partial charge on any atom is -0.357 e. The number of rotatable bonds is 8. The van der Waals surface area contributed by atoms with Gasteiger partial charge in [0.15, 0.2) is 5.96 Å².